The molecule has 3 aliphatic rings. The molecule has 8 heteroatoms. The van der Waals surface area contributed by atoms with E-state index in [0.29, 0.717) is 23.5 Å². The highest BCUT2D eigenvalue weighted by Gasteiger charge is 2.56. The van der Waals surface area contributed by atoms with E-state index in [2.05, 4.69) is 10.2 Å². The van der Waals surface area contributed by atoms with Crippen molar-refractivity contribution < 1.29 is 9.59 Å². The van der Waals surface area contributed by atoms with Crippen molar-refractivity contribution >= 4 is 45.1 Å². The Morgan fingerprint density at radius 1 is 1.25 bits per heavy atom. The molecule has 28 heavy (non-hydrogen) atoms. The van der Waals surface area contributed by atoms with Crippen LogP contribution in [0.3, 0.4) is 0 Å². The first-order valence-corrected chi connectivity index (χ1v) is 11.1. The molecule has 3 amide bonds. The van der Waals surface area contributed by atoms with Crippen LogP contribution in [-0.2, 0) is 4.79 Å². The smallest absolute Gasteiger partial charge is 0.323 e. The van der Waals surface area contributed by atoms with E-state index in [1.54, 1.807) is 11.3 Å². The van der Waals surface area contributed by atoms with Crippen LogP contribution in [0.15, 0.2) is 18.2 Å². The number of hydrogen-bond donors (Lipinski definition) is 1. The van der Waals surface area contributed by atoms with E-state index in [1.165, 1.54) is 9.60 Å². The molecule has 1 aromatic carbocycles. The number of rotatable bonds is 4. The van der Waals surface area contributed by atoms with Gasteiger partial charge in [-0.15, -0.1) is 11.3 Å². The number of benzene rings is 1. The molecule has 0 radical (unpaired) electrons. The van der Waals surface area contributed by atoms with Gasteiger partial charge in [-0.2, -0.15) is 0 Å². The Balaban J connectivity index is 1.22. The van der Waals surface area contributed by atoms with Crippen LogP contribution < -0.4 is 5.32 Å². The molecule has 3 heterocycles. The molecule has 1 N–H and O–H groups in total. The zero-order valence-electron chi connectivity index (χ0n) is 15.8. The summed E-state index contributed by atoms with van der Waals surface area (Å²) in [5.41, 5.74) is 0.270. The van der Waals surface area contributed by atoms with Crippen molar-refractivity contribution in [2.24, 2.45) is 5.92 Å². The minimum atomic E-state index is -0.697. The molecule has 1 unspecified atom stereocenters. The van der Waals surface area contributed by atoms with Crippen LogP contribution in [-0.4, -0.2) is 52.0 Å². The van der Waals surface area contributed by atoms with Crippen molar-refractivity contribution in [1.29, 1.82) is 0 Å². The summed E-state index contributed by atoms with van der Waals surface area (Å²) in [7, 11) is 0. The van der Waals surface area contributed by atoms with E-state index in [9.17, 15) is 9.59 Å². The zero-order valence-corrected chi connectivity index (χ0v) is 17.4. The molecule has 2 aliphatic heterocycles. The van der Waals surface area contributed by atoms with E-state index >= 15 is 0 Å². The van der Waals surface area contributed by atoms with Crippen LogP contribution in [0.4, 0.5) is 4.79 Å². The molecule has 0 bridgehead atoms. The largest absolute Gasteiger partial charge is 0.326 e. The lowest BCUT2D eigenvalue weighted by Crippen LogP contribution is -2.48. The monoisotopic (exact) mass is 418 g/mol. The molecule has 0 spiro atoms. The van der Waals surface area contributed by atoms with Crippen LogP contribution in [0.2, 0.25) is 5.02 Å². The molecule has 2 saturated heterocycles. The number of carbonyl (C=O) groups is 2. The lowest BCUT2D eigenvalue weighted by Gasteiger charge is -2.33. The zero-order chi connectivity index (χ0) is 19.5. The first-order chi connectivity index (χ1) is 13.4. The number of amides is 3. The van der Waals surface area contributed by atoms with Gasteiger partial charge in [-0.3, -0.25) is 9.69 Å². The number of thiazole rings is 1. The van der Waals surface area contributed by atoms with Gasteiger partial charge in [-0.05, 0) is 56.7 Å². The Morgan fingerprint density at radius 2 is 2.00 bits per heavy atom. The number of urea groups is 1. The quantitative estimate of drug-likeness (QED) is 0.767. The molecule has 148 valence electrons. The topological polar surface area (TPSA) is 65.5 Å². The third kappa shape index (κ3) is 3.09. The average molecular weight is 419 g/mol. The van der Waals surface area contributed by atoms with Gasteiger partial charge in [0.2, 0.25) is 0 Å². The Labute approximate surface area is 172 Å². The Hall–Kier alpha value is -1.70. The highest BCUT2D eigenvalue weighted by molar-refractivity contribution is 7.18. The van der Waals surface area contributed by atoms with Gasteiger partial charge < -0.3 is 5.32 Å². The second kappa shape index (κ2) is 6.68. The van der Waals surface area contributed by atoms with E-state index in [-0.39, 0.29) is 11.9 Å². The van der Waals surface area contributed by atoms with Crippen LogP contribution in [0.5, 0.6) is 0 Å². The van der Waals surface area contributed by atoms with Crippen molar-refractivity contribution in [3.05, 3.63) is 28.2 Å². The van der Waals surface area contributed by atoms with E-state index < -0.39 is 5.54 Å². The molecular weight excluding hydrogens is 396 g/mol. The third-order valence-electron chi connectivity index (χ3n) is 6.34. The third-order valence-corrected chi connectivity index (χ3v) is 7.77. The van der Waals surface area contributed by atoms with Gasteiger partial charge in [0.05, 0.1) is 21.9 Å². The highest BCUT2D eigenvalue weighted by Crippen LogP contribution is 2.43. The molecular formula is C20H23ClN4O2S. The maximum atomic E-state index is 12.8. The van der Waals surface area contributed by atoms with Crippen molar-refractivity contribution in [3.8, 4) is 0 Å². The number of nitrogens with one attached hydrogen (secondary N) is 1. The maximum absolute atomic E-state index is 12.8. The van der Waals surface area contributed by atoms with E-state index in [0.717, 1.165) is 49.3 Å². The number of carbonyl (C=O) groups excluding carboxylic acids is 2. The van der Waals surface area contributed by atoms with Crippen LogP contribution in [0.25, 0.3) is 10.2 Å². The summed E-state index contributed by atoms with van der Waals surface area (Å²) in [5, 5.41) is 4.80. The average Bonchev–Trinajstić information content (AvgIpc) is 3.42. The van der Waals surface area contributed by atoms with Crippen LogP contribution in [0, 0.1) is 5.92 Å². The summed E-state index contributed by atoms with van der Waals surface area (Å²) in [6, 6.07) is 5.61. The lowest BCUT2D eigenvalue weighted by molar-refractivity contribution is -0.133. The molecule has 1 atom stereocenters. The van der Waals surface area contributed by atoms with Gasteiger partial charge in [0.15, 0.2) is 0 Å². The standard InChI is InChI=1S/C20H23ClN4O2S/c1-20(13-2-3-13)18(26)25(19(27)23-20)11-24-8-6-12(7-9-24)17-22-15-10-14(21)4-5-16(15)28-17/h4-5,10,12-13H,2-3,6-9,11H2,1H3,(H,23,27). The number of likely N-dealkylation sites (tertiary alicyclic amines) is 1. The van der Waals surface area contributed by atoms with Crippen molar-refractivity contribution in [3.63, 3.8) is 0 Å². The number of piperidine rings is 1. The van der Waals surface area contributed by atoms with Gasteiger partial charge >= 0.3 is 6.03 Å². The molecule has 1 aliphatic carbocycles. The molecule has 5 rings (SSSR count). The molecule has 1 aromatic heterocycles. The normalized spacial score (nSPS) is 27.0. The number of hydrogen-bond acceptors (Lipinski definition) is 5. The number of aromatic nitrogens is 1. The summed E-state index contributed by atoms with van der Waals surface area (Å²) in [4.78, 5) is 33.6. The number of fused-ring (bicyclic) bond motifs is 1. The maximum Gasteiger partial charge on any atom is 0.326 e. The summed E-state index contributed by atoms with van der Waals surface area (Å²) >= 11 is 7.81. The van der Waals surface area contributed by atoms with Crippen molar-refractivity contribution in [2.45, 2.75) is 44.1 Å². The van der Waals surface area contributed by atoms with E-state index in [4.69, 9.17) is 16.6 Å². The summed E-state index contributed by atoms with van der Waals surface area (Å²) in [6.07, 6.45) is 4.01. The lowest BCUT2D eigenvalue weighted by atomic mass is 9.96. The van der Waals surface area contributed by atoms with Crippen molar-refractivity contribution in [1.82, 2.24) is 20.1 Å². The van der Waals surface area contributed by atoms with Crippen molar-refractivity contribution in [2.75, 3.05) is 19.8 Å². The predicted molar refractivity (Wildman–Crippen MR) is 110 cm³/mol. The van der Waals surface area contributed by atoms with Gasteiger partial charge in [0, 0.05) is 24.0 Å². The Kier molecular flexibility index (Phi) is 4.37. The second-order valence-electron chi connectivity index (χ2n) is 8.34. The number of imide groups is 1. The molecule has 1 saturated carbocycles. The fourth-order valence-electron chi connectivity index (χ4n) is 4.40. The highest BCUT2D eigenvalue weighted by atomic mass is 35.5. The summed E-state index contributed by atoms with van der Waals surface area (Å²) in [5.74, 6) is 0.657. The molecule has 3 fully saturated rings. The fourth-order valence-corrected chi connectivity index (χ4v) is 5.68. The minimum Gasteiger partial charge on any atom is -0.323 e. The first-order valence-electron chi connectivity index (χ1n) is 9.86. The first kappa shape index (κ1) is 18.3. The Bertz CT molecular complexity index is 951. The van der Waals surface area contributed by atoms with Gasteiger partial charge in [-0.1, -0.05) is 11.6 Å². The number of nitrogens with zero attached hydrogens (tertiary/aromatic N) is 3. The van der Waals surface area contributed by atoms with E-state index in [1.807, 2.05) is 25.1 Å². The SMILES string of the molecule is CC1(C2CC2)NC(=O)N(CN2CCC(c3nc4cc(Cl)ccc4s3)CC2)C1=O. The molecule has 6 nitrogen and oxygen atoms in total. The fraction of sp³-hybridized carbons (Fsp3) is 0.550. The van der Waals surface area contributed by atoms with Gasteiger partial charge in [-0.25, -0.2) is 14.7 Å². The summed E-state index contributed by atoms with van der Waals surface area (Å²) in [6.45, 7) is 3.97. The second-order valence-corrected chi connectivity index (χ2v) is 9.84. The molecule has 2 aromatic rings. The number of halogens is 1. The summed E-state index contributed by atoms with van der Waals surface area (Å²) < 4.78 is 1.17. The predicted octanol–water partition coefficient (Wildman–Crippen LogP) is 3.81. The minimum absolute atomic E-state index is 0.0647. The van der Waals surface area contributed by atoms with Crippen LogP contribution >= 0.6 is 22.9 Å². The van der Waals surface area contributed by atoms with Crippen LogP contribution in [0.1, 0.15) is 43.5 Å². The Morgan fingerprint density at radius 3 is 2.71 bits per heavy atom. The van der Waals surface area contributed by atoms with Gasteiger partial charge in [0.1, 0.15) is 5.54 Å². The van der Waals surface area contributed by atoms with Gasteiger partial charge in [0.25, 0.3) is 5.91 Å².